The van der Waals surface area contributed by atoms with Gasteiger partial charge in [0.05, 0.1) is 0 Å². The quantitative estimate of drug-likeness (QED) is 0.816. The molecule has 2 atom stereocenters. The van der Waals surface area contributed by atoms with Crippen LogP contribution in [0.4, 0.5) is 0 Å². The van der Waals surface area contributed by atoms with E-state index in [0.29, 0.717) is 23.7 Å². The van der Waals surface area contributed by atoms with Gasteiger partial charge in [-0.15, -0.1) is 0 Å². The van der Waals surface area contributed by atoms with Gasteiger partial charge < -0.3 is 15.2 Å². The average molecular weight is 330 g/mol. The lowest BCUT2D eigenvalue weighted by molar-refractivity contribution is 0.0913. The number of benzene rings is 1. The molecule has 1 aromatic carbocycles. The normalized spacial score (nSPS) is 13.8. The Kier molecular flexibility index (Phi) is 6.09. The van der Waals surface area contributed by atoms with Crippen LogP contribution in [0.3, 0.4) is 0 Å². The van der Waals surface area contributed by atoms with E-state index < -0.39 is 0 Å². The molecule has 0 aliphatic rings. The first-order valence-corrected chi connectivity index (χ1v) is 8.28. The highest BCUT2D eigenvalue weighted by atomic mass is 16.5. The second-order valence-electron chi connectivity index (χ2n) is 6.45. The molecule has 6 nitrogen and oxygen atoms in total. The molecule has 2 unspecified atom stereocenters. The summed E-state index contributed by atoms with van der Waals surface area (Å²) in [4.78, 5) is 17.0. The van der Waals surface area contributed by atoms with Gasteiger partial charge in [-0.1, -0.05) is 37.2 Å². The number of aromatic nitrogens is 2. The first kappa shape index (κ1) is 18.1. The number of hydrogen-bond donors (Lipinski definition) is 2. The number of likely N-dealkylation sites (N-methyl/N-ethyl adjacent to an activating group) is 1. The summed E-state index contributed by atoms with van der Waals surface area (Å²) in [7, 11) is 1.89. The zero-order valence-electron chi connectivity index (χ0n) is 15.0. The molecular weight excluding hydrogens is 304 g/mol. The minimum Gasteiger partial charge on any atom is -0.340 e. The number of nitrogens with one attached hydrogen (secondary N) is 2. The molecule has 0 aliphatic heterocycles. The van der Waals surface area contributed by atoms with Crippen molar-refractivity contribution in [3.8, 4) is 0 Å². The summed E-state index contributed by atoms with van der Waals surface area (Å²) >= 11 is 0. The van der Waals surface area contributed by atoms with E-state index in [1.54, 1.807) is 0 Å². The van der Waals surface area contributed by atoms with E-state index in [0.717, 1.165) is 5.56 Å². The summed E-state index contributed by atoms with van der Waals surface area (Å²) in [5.41, 5.74) is 1.60. The van der Waals surface area contributed by atoms with Crippen LogP contribution in [0.15, 0.2) is 28.8 Å². The van der Waals surface area contributed by atoms with E-state index in [9.17, 15) is 4.79 Å². The summed E-state index contributed by atoms with van der Waals surface area (Å²) < 4.78 is 5.40. The van der Waals surface area contributed by atoms with Crippen LogP contribution in [0, 0.1) is 12.8 Å². The molecule has 1 amide bonds. The molecule has 1 heterocycles. The molecule has 0 aliphatic carbocycles. The molecule has 0 saturated carbocycles. The van der Waals surface area contributed by atoms with Crippen LogP contribution < -0.4 is 10.6 Å². The Morgan fingerprint density at radius 2 is 1.96 bits per heavy atom. The molecule has 2 aromatic rings. The molecule has 1 aromatic heterocycles. The Labute approximate surface area is 143 Å². The molecule has 0 spiro atoms. The summed E-state index contributed by atoms with van der Waals surface area (Å²) in [6.07, 6.45) is 0.677. The van der Waals surface area contributed by atoms with E-state index in [1.807, 2.05) is 52.1 Å². The number of amides is 1. The zero-order valence-corrected chi connectivity index (χ0v) is 15.0. The maximum absolute atomic E-state index is 12.6. The zero-order chi connectivity index (χ0) is 17.7. The molecule has 0 fully saturated rings. The minimum atomic E-state index is -0.316. The number of rotatable bonds is 7. The first-order valence-electron chi connectivity index (χ1n) is 8.28. The molecule has 130 valence electrons. The van der Waals surface area contributed by atoms with Crippen LogP contribution in [-0.2, 0) is 6.42 Å². The molecule has 6 heteroatoms. The van der Waals surface area contributed by atoms with E-state index in [4.69, 9.17) is 4.52 Å². The van der Waals surface area contributed by atoms with Crippen LogP contribution in [0.2, 0.25) is 0 Å². The maximum atomic E-state index is 12.6. The fourth-order valence-electron chi connectivity index (χ4n) is 2.41. The third-order valence-corrected chi connectivity index (χ3v) is 4.07. The van der Waals surface area contributed by atoms with Crippen LogP contribution in [0.25, 0.3) is 0 Å². The van der Waals surface area contributed by atoms with Crippen LogP contribution in [0.1, 0.15) is 54.4 Å². The molecule has 24 heavy (non-hydrogen) atoms. The van der Waals surface area contributed by atoms with Gasteiger partial charge in [0.1, 0.15) is 6.04 Å². The van der Waals surface area contributed by atoms with Gasteiger partial charge in [0, 0.05) is 18.0 Å². The monoisotopic (exact) mass is 330 g/mol. The predicted molar refractivity (Wildman–Crippen MR) is 92.7 cm³/mol. The van der Waals surface area contributed by atoms with Gasteiger partial charge in [0.2, 0.25) is 5.89 Å². The average Bonchev–Trinajstić information content (AvgIpc) is 3.00. The van der Waals surface area contributed by atoms with Gasteiger partial charge in [0.25, 0.3) is 5.91 Å². The fraction of sp³-hybridized carbons (Fsp3) is 0.500. The molecule has 0 radical (unpaired) electrons. The van der Waals surface area contributed by atoms with Crippen molar-refractivity contribution >= 4 is 5.91 Å². The highest BCUT2D eigenvalue weighted by Gasteiger charge is 2.25. The summed E-state index contributed by atoms with van der Waals surface area (Å²) in [5.74, 6) is 1.09. The standard InChI is InChI=1S/C18H26N4O2/c1-11(2)16(18-20-15(22-24-18)10-13(4)19-5)21-17(23)14-9-7-6-8-12(14)3/h6-9,11,13,16,19H,10H2,1-5H3,(H,21,23). The lowest BCUT2D eigenvalue weighted by Crippen LogP contribution is -2.32. The van der Waals surface area contributed by atoms with Crippen molar-refractivity contribution in [1.29, 1.82) is 0 Å². The summed E-state index contributed by atoms with van der Waals surface area (Å²) in [6.45, 7) is 8.00. The van der Waals surface area contributed by atoms with Crippen molar-refractivity contribution in [3.63, 3.8) is 0 Å². The van der Waals surface area contributed by atoms with E-state index >= 15 is 0 Å². The highest BCUT2D eigenvalue weighted by molar-refractivity contribution is 5.95. The number of hydrogen-bond acceptors (Lipinski definition) is 5. The molecule has 2 rings (SSSR count). The number of carbonyl (C=O) groups is 1. The van der Waals surface area contributed by atoms with Gasteiger partial charge in [-0.2, -0.15) is 4.98 Å². The predicted octanol–water partition coefficient (Wildman–Crippen LogP) is 2.66. The minimum absolute atomic E-state index is 0.129. The van der Waals surface area contributed by atoms with Crippen LogP contribution in [-0.4, -0.2) is 29.1 Å². The smallest absolute Gasteiger partial charge is 0.252 e. The van der Waals surface area contributed by atoms with Gasteiger partial charge >= 0.3 is 0 Å². The van der Waals surface area contributed by atoms with Crippen molar-refractivity contribution in [2.24, 2.45) is 5.92 Å². The Hall–Kier alpha value is -2.21. The second-order valence-corrected chi connectivity index (χ2v) is 6.45. The van der Waals surface area contributed by atoms with Gasteiger partial charge in [-0.05, 0) is 38.4 Å². The van der Waals surface area contributed by atoms with Crippen LogP contribution >= 0.6 is 0 Å². The van der Waals surface area contributed by atoms with Gasteiger partial charge in [0.15, 0.2) is 5.82 Å². The van der Waals surface area contributed by atoms with Crippen molar-refractivity contribution < 1.29 is 9.32 Å². The lowest BCUT2D eigenvalue weighted by Gasteiger charge is -2.19. The topological polar surface area (TPSA) is 80.0 Å². The van der Waals surface area contributed by atoms with Crippen molar-refractivity contribution in [2.45, 2.75) is 46.2 Å². The highest BCUT2D eigenvalue weighted by Crippen LogP contribution is 2.21. The van der Waals surface area contributed by atoms with Crippen molar-refractivity contribution in [1.82, 2.24) is 20.8 Å². The summed E-state index contributed by atoms with van der Waals surface area (Å²) in [5, 5.41) is 10.2. The molecule has 0 bridgehead atoms. The third-order valence-electron chi connectivity index (χ3n) is 4.07. The first-order chi connectivity index (χ1) is 11.4. The van der Waals surface area contributed by atoms with Crippen molar-refractivity contribution in [2.75, 3.05) is 7.05 Å². The van der Waals surface area contributed by atoms with Gasteiger partial charge in [-0.25, -0.2) is 0 Å². The Balaban J connectivity index is 2.15. The SMILES string of the molecule is CNC(C)Cc1noc(C(NC(=O)c2ccccc2C)C(C)C)n1. The molecule has 2 N–H and O–H groups in total. The maximum Gasteiger partial charge on any atom is 0.252 e. The number of aryl methyl sites for hydroxylation is 1. The number of carbonyl (C=O) groups excluding carboxylic acids is 1. The van der Waals surface area contributed by atoms with Gasteiger partial charge in [-0.3, -0.25) is 4.79 Å². The fourth-order valence-corrected chi connectivity index (χ4v) is 2.41. The lowest BCUT2D eigenvalue weighted by atomic mass is 10.0. The third kappa shape index (κ3) is 4.41. The Morgan fingerprint density at radius 1 is 1.25 bits per heavy atom. The van der Waals surface area contributed by atoms with E-state index in [2.05, 4.69) is 27.7 Å². The Bertz CT molecular complexity index is 681. The summed E-state index contributed by atoms with van der Waals surface area (Å²) in [6, 6.07) is 7.45. The molecular formula is C18H26N4O2. The molecule has 0 saturated heterocycles. The van der Waals surface area contributed by atoms with Crippen molar-refractivity contribution in [3.05, 3.63) is 47.1 Å². The van der Waals surface area contributed by atoms with E-state index in [-0.39, 0.29) is 23.9 Å². The second kappa shape index (κ2) is 8.06. The van der Waals surface area contributed by atoms with Crippen LogP contribution in [0.5, 0.6) is 0 Å². The van der Waals surface area contributed by atoms with E-state index in [1.165, 1.54) is 0 Å². The number of nitrogens with zero attached hydrogens (tertiary/aromatic N) is 2. The Morgan fingerprint density at radius 3 is 2.58 bits per heavy atom. The largest absolute Gasteiger partial charge is 0.340 e.